The number of fused-ring (bicyclic) bond motifs is 1. The lowest BCUT2D eigenvalue weighted by Crippen LogP contribution is -2.20. The molecule has 4 aromatic rings. The Morgan fingerprint density at radius 1 is 1.00 bits per heavy atom. The first-order valence-electron chi connectivity index (χ1n) is 10.4. The number of hydrogen-bond donors (Lipinski definition) is 1. The molecule has 0 fully saturated rings. The summed E-state index contributed by atoms with van der Waals surface area (Å²) in [5.41, 5.74) is -0.0823. The highest BCUT2D eigenvalue weighted by atomic mass is 16.5. The molecule has 0 saturated heterocycles. The molecule has 2 heterocycles. The number of amides is 1. The first kappa shape index (κ1) is 23.1. The molecule has 9 nitrogen and oxygen atoms in total. The Morgan fingerprint density at radius 3 is 2.46 bits per heavy atom. The first-order chi connectivity index (χ1) is 17.0. The lowest BCUT2D eigenvalue weighted by atomic mass is 10.1. The molecule has 0 radical (unpaired) electrons. The van der Waals surface area contributed by atoms with Crippen molar-refractivity contribution in [3.63, 3.8) is 0 Å². The maximum absolute atomic E-state index is 13.3. The number of ether oxygens (including phenoxy) is 3. The van der Waals surface area contributed by atoms with Gasteiger partial charge in [0.2, 0.25) is 5.88 Å². The van der Waals surface area contributed by atoms with Crippen LogP contribution in [-0.4, -0.2) is 29.5 Å². The fourth-order valence-corrected chi connectivity index (χ4v) is 3.23. The summed E-state index contributed by atoms with van der Waals surface area (Å²) in [5, 5.41) is 12.3. The summed E-state index contributed by atoms with van der Waals surface area (Å²) >= 11 is 0. The Morgan fingerprint density at radius 2 is 1.74 bits per heavy atom. The van der Waals surface area contributed by atoms with Crippen molar-refractivity contribution in [3.8, 4) is 29.2 Å². The molecule has 0 aliphatic heterocycles. The normalized spacial score (nSPS) is 10.9. The van der Waals surface area contributed by atoms with Gasteiger partial charge in [-0.3, -0.25) is 14.0 Å². The minimum absolute atomic E-state index is 0.0479. The molecule has 2 aromatic carbocycles. The fourth-order valence-electron chi connectivity index (χ4n) is 3.23. The highest BCUT2D eigenvalue weighted by Gasteiger charge is 2.18. The Kier molecular flexibility index (Phi) is 6.74. The van der Waals surface area contributed by atoms with Crippen LogP contribution in [0.2, 0.25) is 0 Å². The van der Waals surface area contributed by atoms with Gasteiger partial charge in [0.15, 0.2) is 0 Å². The zero-order valence-corrected chi connectivity index (χ0v) is 18.9. The van der Waals surface area contributed by atoms with E-state index >= 15 is 0 Å². The molecule has 0 spiro atoms. The lowest BCUT2D eigenvalue weighted by molar-refractivity contribution is -0.112. The molecule has 0 aliphatic rings. The van der Waals surface area contributed by atoms with Gasteiger partial charge in [-0.25, -0.2) is 0 Å². The molecule has 0 atom stereocenters. The van der Waals surface area contributed by atoms with Crippen LogP contribution in [0.4, 0.5) is 5.69 Å². The van der Waals surface area contributed by atoms with Crippen molar-refractivity contribution >= 4 is 23.3 Å². The Hall–Kier alpha value is -5.10. The van der Waals surface area contributed by atoms with Gasteiger partial charge in [-0.2, -0.15) is 10.2 Å². The Balaban J connectivity index is 1.76. The number of rotatable bonds is 7. The van der Waals surface area contributed by atoms with E-state index in [9.17, 15) is 14.9 Å². The number of hydrogen-bond acceptors (Lipinski definition) is 7. The second-order valence-electron chi connectivity index (χ2n) is 7.20. The van der Waals surface area contributed by atoms with Gasteiger partial charge < -0.3 is 19.5 Å². The predicted octanol–water partition coefficient (Wildman–Crippen LogP) is 4.05. The number of methoxy groups -OCH3 is 2. The van der Waals surface area contributed by atoms with Gasteiger partial charge in [0, 0.05) is 18.0 Å². The molecule has 1 N–H and O–H groups in total. The lowest BCUT2D eigenvalue weighted by Gasteiger charge is -2.11. The molecule has 0 bridgehead atoms. The summed E-state index contributed by atoms with van der Waals surface area (Å²) in [6.07, 6.45) is 2.71. The smallest absolute Gasteiger partial charge is 0.269 e. The van der Waals surface area contributed by atoms with Crippen LogP contribution >= 0.6 is 0 Å². The second kappa shape index (κ2) is 10.2. The van der Waals surface area contributed by atoms with Gasteiger partial charge in [-0.15, -0.1) is 0 Å². The van der Waals surface area contributed by atoms with Crippen molar-refractivity contribution in [1.29, 1.82) is 5.26 Å². The van der Waals surface area contributed by atoms with E-state index in [0.29, 0.717) is 28.6 Å². The van der Waals surface area contributed by atoms with E-state index in [-0.39, 0.29) is 17.0 Å². The van der Waals surface area contributed by atoms with Crippen LogP contribution in [0.3, 0.4) is 0 Å². The third-order valence-electron chi connectivity index (χ3n) is 4.99. The molecule has 4 rings (SSSR count). The van der Waals surface area contributed by atoms with E-state index in [2.05, 4.69) is 10.3 Å². The SMILES string of the molecule is COc1ccc(Oc2nc3ccccn3c(=O)c2C=C(C#N)C(=O)Nc2cccc(OC)c2)cc1. The summed E-state index contributed by atoms with van der Waals surface area (Å²) in [7, 11) is 3.05. The van der Waals surface area contributed by atoms with E-state index < -0.39 is 11.5 Å². The molecule has 2 aromatic heterocycles. The van der Waals surface area contributed by atoms with Gasteiger partial charge in [-0.1, -0.05) is 12.1 Å². The third-order valence-corrected chi connectivity index (χ3v) is 4.99. The maximum atomic E-state index is 13.3. The van der Waals surface area contributed by atoms with Gasteiger partial charge >= 0.3 is 0 Å². The minimum Gasteiger partial charge on any atom is -0.497 e. The zero-order valence-electron chi connectivity index (χ0n) is 18.9. The molecule has 9 heteroatoms. The van der Waals surface area contributed by atoms with E-state index in [0.717, 1.165) is 0 Å². The Labute approximate surface area is 200 Å². The standard InChI is InChI=1S/C26H20N4O5/c1-33-19-9-11-20(12-10-19)35-25-22(26(32)30-13-4-3-8-23(30)29-25)14-17(16-27)24(31)28-18-6-5-7-21(15-18)34-2/h3-15H,1-2H3,(H,28,31). The fraction of sp³-hybridized carbons (Fsp3) is 0.0769. The zero-order chi connectivity index (χ0) is 24.8. The van der Waals surface area contributed by atoms with E-state index in [4.69, 9.17) is 14.2 Å². The molecular formula is C26H20N4O5. The van der Waals surface area contributed by atoms with E-state index in [1.807, 2.05) is 6.07 Å². The molecule has 174 valence electrons. The molecule has 35 heavy (non-hydrogen) atoms. The highest BCUT2D eigenvalue weighted by Crippen LogP contribution is 2.26. The van der Waals surface area contributed by atoms with Gasteiger partial charge in [0.1, 0.15) is 40.1 Å². The van der Waals surface area contributed by atoms with Crippen LogP contribution in [0.5, 0.6) is 23.1 Å². The van der Waals surface area contributed by atoms with Gasteiger partial charge in [0.05, 0.1) is 14.2 Å². The first-order valence-corrected chi connectivity index (χ1v) is 10.4. The molecule has 0 aliphatic carbocycles. The van der Waals surface area contributed by atoms with E-state index in [1.165, 1.54) is 17.6 Å². The van der Waals surface area contributed by atoms with Gasteiger partial charge in [-0.05, 0) is 54.6 Å². The Bertz CT molecular complexity index is 1520. The highest BCUT2D eigenvalue weighted by molar-refractivity contribution is 6.09. The van der Waals surface area contributed by atoms with E-state index in [1.54, 1.807) is 80.0 Å². The molecule has 0 saturated carbocycles. The number of anilines is 1. The van der Waals surface area contributed by atoms with Crippen LogP contribution < -0.4 is 25.1 Å². The molecule has 1 amide bonds. The summed E-state index contributed by atoms with van der Waals surface area (Å²) in [5.74, 6) is 0.816. The largest absolute Gasteiger partial charge is 0.497 e. The molecular weight excluding hydrogens is 448 g/mol. The number of nitrogens with zero attached hydrogens (tertiary/aromatic N) is 3. The van der Waals surface area contributed by atoms with Crippen molar-refractivity contribution in [2.24, 2.45) is 0 Å². The van der Waals surface area contributed by atoms with Crippen LogP contribution in [0.25, 0.3) is 11.7 Å². The molecule has 0 unspecified atom stereocenters. The van der Waals surface area contributed by atoms with Crippen LogP contribution in [-0.2, 0) is 4.79 Å². The van der Waals surface area contributed by atoms with Gasteiger partial charge in [0.25, 0.3) is 11.5 Å². The third kappa shape index (κ3) is 5.12. The maximum Gasteiger partial charge on any atom is 0.269 e. The van der Waals surface area contributed by atoms with Crippen LogP contribution in [0.1, 0.15) is 5.56 Å². The number of carbonyl (C=O) groups excluding carboxylic acids is 1. The van der Waals surface area contributed by atoms with Crippen molar-refractivity contribution in [3.05, 3.63) is 94.4 Å². The summed E-state index contributed by atoms with van der Waals surface area (Å²) in [6.45, 7) is 0. The summed E-state index contributed by atoms with van der Waals surface area (Å²) in [6, 6.07) is 20.3. The van der Waals surface area contributed by atoms with Crippen molar-refractivity contribution in [1.82, 2.24) is 9.38 Å². The minimum atomic E-state index is -0.700. The topological polar surface area (TPSA) is 115 Å². The number of nitriles is 1. The van der Waals surface area contributed by atoms with Crippen LogP contribution in [0, 0.1) is 11.3 Å². The summed E-state index contributed by atoms with van der Waals surface area (Å²) in [4.78, 5) is 30.5. The van der Waals surface area contributed by atoms with Crippen LogP contribution in [0.15, 0.2) is 83.3 Å². The number of aromatic nitrogens is 2. The monoisotopic (exact) mass is 468 g/mol. The number of pyridine rings is 1. The van der Waals surface area contributed by atoms with Crippen molar-refractivity contribution < 1.29 is 19.0 Å². The van der Waals surface area contributed by atoms with Crippen molar-refractivity contribution in [2.75, 3.05) is 19.5 Å². The average Bonchev–Trinajstić information content (AvgIpc) is 2.89. The summed E-state index contributed by atoms with van der Waals surface area (Å²) < 4.78 is 17.5. The predicted molar refractivity (Wildman–Crippen MR) is 130 cm³/mol. The number of benzene rings is 2. The number of carbonyl (C=O) groups is 1. The second-order valence-corrected chi connectivity index (χ2v) is 7.20. The number of nitrogens with one attached hydrogen (secondary N) is 1. The average molecular weight is 468 g/mol. The van der Waals surface area contributed by atoms with Crippen molar-refractivity contribution in [2.45, 2.75) is 0 Å². The quantitative estimate of drug-likeness (QED) is 0.321.